The van der Waals surface area contributed by atoms with Gasteiger partial charge in [-0.25, -0.2) is 4.79 Å². The van der Waals surface area contributed by atoms with Crippen LogP contribution in [0.3, 0.4) is 0 Å². The summed E-state index contributed by atoms with van der Waals surface area (Å²) < 4.78 is 10.8. The highest BCUT2D eigenvalue weighted by Gasteiger charge is 2.13. The van der Waals surface area contributed by atoms with Gasteiger partial charge >= 0.3 is 5.97 Å². The topological polar surface area (TPSA) is 35.5 Å². The van der Waals surface area contributed by atoms with E-state index in [1.165, 1.54) is 0 Å². The molecule has 0 saturated carbocycles. The average Bonchev–Trinajstić information content (AvgIpc) is 2.22. The molecular formula is C12H24O3Si. The van der Waals surface area contributed by atoms with E-state index in [2.05, 4.69) is 27.4 Å². The van der Waals surface area contributed by atoms with E-state index in [1.54, 1.807) is 6.92 Å². The first-order chi connectivity index (χ1) is 7.39. The van der Waals surface area contributed by atoms with E-state index in [4.69, 9.17) is 9.16 Å². The molecule has 0 unspecified atom stereocenters. The Hall–Kier alpha value is -0.613. The first kappa shape index (κ1) is 15.4. The van der Waals surface area contributed by atoms with E-state index in [0.717, 1.165) is 18.9 Å². The minimum Gasteiger partial charge on any atom is -0.462 e. The van der Waals surface area contributed by atoms with Gasteiger partial charge in [0.1, 0.15) is 0 Å². The molecule has 0 amide bonds. The Kier molecular flexibility index (Phi) is 7.33. The number of carbonyl (C=O) groups excluding carboxylic acids is 1. The van der Waals surface area contributed by atoms with Crippen LogP contribution >= 0.6 is 0 Å². The Balaban J connectivity index is 3.41. The summed E-state index contributed by atoms with van der Waals surface area (Å²) in [5.74, 6) is -0.295. The highest BCUT2D eigenvalue weighted by atomic mass is 28.2. The van der Waals surface area contributed by atoms with E-state index >= 15 is 0 Å². The second-order valence-electron chi connectivity index (χ2n) is 4.59. The second kappa shape index (κ2) is 7.63. The molecule has 0 radical (unpaired) electrons. The van der Waals surface area contributed by atoms with Crippen molar-refractivity contribution < 1.29 is 14.0 Å². The molecule has 0 fully saturated rings. The SMILES string of the molecule is C=C(C)C(=O)OCCC[SiH2]OC(C)(C)CC. The van der Waals surface area contributed by atoms with Crippen LogP contribution in [0.1, 0.15) is 40.5 Å². The maximum absolute atomic E-state index is 11.0. The number of carbonyl (C=O) groups is 1. The zero-order valence-corrected chi connectivity index (χ0v) is 12.4. The third-order valence-corrected chi connectivity index (χ3v) is 4.24. The first-order valence-electron chi connectivity index (χ1n) is 5.85. The maximum atomic E-state index is 11.0. The van der Waals surface area contributed by atoms with Crippen LogP contribution in [0.15, 0.2) is 12.2 Å². The van der Waals surface area contributed by atoms with Crippen LogP contribution in [0, 0.1) is 0 Å². The predicted molar refractivity (Wildman–Crippen MR) is 69.2 cm³/mol. The van der Waals surface area contributed by atoms with Gasteiger partial charge in [-0.3, -0.25) is 0 Å². The molecule has 0 aliphatic rings. The molecule has 0 saturated heterocycles. The van der Waals surface area contributed by atoms with Gasteiger partial charge in [0.05, 0.1) is 6.61 Å². The van der Waals surface area contributed by atoms with Crippen molar-refractivity contribution in [2.75, 3.05) is 6.61 Å². The van der Waals surface area contributed by atoms with Crippen molar-refractivity contribution in [2.45, 2.75) is 52.2 Å². The molecule has 0 aromatic rings. The number of esters is 1. The van der Waals surface area contributed by atoms with E-state index in [1.807, 2.05) is 0 Å². The normalized spacial score (nSPS) is 12.0. The standard InChI is InChI=1S/C12H24O3Si/c1-6-12(4,5)15-16-9-7-8-14-11(13)10(2)3/h2,6-9,16H2,1,3-5H3. The van der Waals surface area contributed by atoms with Crippen molar-refractivity contribution in [1.29, 1.82) is 0 Å². The van der Waals surface area contributed by atoms with Crippen molar-refractivity contribution in [1.82, 2.24) is 0 Å². The molecule has 0 aliphatic carbocycles. The molecule has 0 rings (SSSR count). The third-order valence-electron chi connectivity index (χ3n) is 2.46. The summed E-state index contributed by atoms with van der Waals surface area (Å²) >= 11 is 0. The van der Waals surface area contributed by atoms with Gasteiger partial charge in [-0.1, -0.05) is 13.5 Å². The predicted octanol–water partition coefficient (Wildman–Crippen LogP) is 2.20. The Bertz CT molecular complexity index is 236. The van der Waals surface area contributed by atoms with Gasteiger partial charge in [0, 0.05) is 11.2 Å². The van der Waals surface area contributed by atoms with Gasteiger partial charge in [-0.05, 0) is 39.7 Å². The van der Waals surface area contributed by atoms with Crippen LogP contribution in [0.2, 0.25) is 6.04 Å². The number of rotatable bonds is 8. The van der Waals surface area contributed by atoms with Crippen molar-refractivity contribution in [2.24, 2.45) is 0 Å². The first-order valence-corrected chi connectivity index (χ1v) is 7.43. The molecule has 0 spiro atoms. The monoisotopic (exact) mass is 244 g/mol. The Morgan fingerprint density at radius 2 is 2.06 bits per heavy atom. The summed E-state index contributed by atoms with van der Waals surface area (Å²) in [5, 5.41) is 0. The molecule has 0 heterocycles. The molecule has 0 aliphatic heterocycles. The lowest BCUT2D eigenvalue weighted by atomic mass is 10.1. The lowest BCUT2D eigenvalue weighted by molar-refractivity contribution is -0.138. The largest absolute Gasteiger partial charge is 0.462 e. The molecule has 0 N–H and O–H groups in total. The fourth-order valence-corrected chi connectivity index (χ4v) is 2.25. The molecule has 0 aromatic heterocycles. The lowest BCUT2D eigenvalue weighted by Gasteiger charge is -2.23. The molecule has 0 atom stereocenters. The highest BCUT2D eigenvalue weighted by Crippen LogP contribution is 2.13. The van der Waals surface area contributed by atoms with Crippen molar-refractivity contribution in [3.05, 3.63) is 12.2 Å². The molecule has 16 heavy (non-hydrogen) atoms. The molecule has 3 nitrogen and oxygen atoms in total. The Morgan fingerprint density at radius 3 is 2.56 bits per heavy atom. The van der Waals surface area contributed by atoms with E-state index in [-0.39, 0.29) is 11.6 Å². The molecule has 94 valence electrons. The van der Waals surface area contributed by atoms with E-state index in [9.17, 15) is 4.79 Å². The van der Waals surface area contributed by atoms with Crippen LogP contribution < -0.4 is 0 Å². The fraction of sp³-hybridized carbons (Fsp3) is 0.750. The summed E-state index contributed by atoms with van der Waals surface area (Å²) in [6, 6.07) is 1.05. The second-order valence-corrected chi connectivity index (χ2v) is 5.99. The fourth-order valence-electron chi connectivity index (χ4n) is 0.943. The maximum Gasteiger partial charge on any atom is 0.333 e. The van der Waals surface area contributed by atoms with Crippen LogP contribution in [0.4, 0.5) is 0 Å². The summed E-state index contributed by atoms with van der Waals surface area (Å²) in [6.07, 6.45) is 1.93. The molecule has 0 bridgehead atoms. The van der Waals surface area contributed by atoms with E-state index < -0.39 is 9.76 Å². The Labute approximate surface area is 101 Å². The van der Waals surface area contributed by atoms with Crippen molar-refractivity contribution >= 4 is 15.7 Å². The molecular weight excluding hydrogens is 220 g/mol. The molecule has 0 aromatic carbocycles. The summed E-state index contributed by atoms with van der Waals surface area (Å²) in [4.78, 5) is 11.0. The molecule has 4 heteroatoms. The number of hydrogen-bond acceptors (Lipinski definition) is 3. The van der Waals surface area contributed by atoms with Gasteiger partial charge in [0.25, 0.3) is 0 Å². The van der Waals surface area contributed by atoms with E-state index in [0.29, 0.717) is 12.2 Å². The van der Waals surface area contributed by atoms with Gasteiger partial charge in [0.2, 0.25) is 0 Å². The summed E-state index contributed by atoms with van der Waals surface area (Å²) in [5.41, 5.74) is 0.473. The van der Waals surface area contributed by atoms with Crippen LogP contribution in [0.5, 0.6) is 0 Å². The third kappa shape index (κ3) is 7.65. The zero-order valence-electron chi connectivity index (χ0n) is 11.0. The Morgan fingerprint density at radius 1 is 1.44 bits per heavy atom. The quantitative estimate of drug-likeness (QED) is 0.284. The lowest BCUT2D eigenvalue weighted by Crippen LogP contribution is -2.25. The van der Waals surface area contributed by atoms with Gasteiger partial charge in [-0.15, -0.1) is 0 Å². The van der Waals surface area contributed by atoms with Gasteiger partial charge in [-0.2, -0.15) is 0 Å². The van der Waals surface area contributed by atoms with Crippen LogP contribution in [-0.2, 0) is 14.0 Å². The summed E-state index contributed by atoms with van der Waals surface area (Å²) in [6.45, 7) is 12.0. The van der Waals surface area contributed by atoms with Gasteiger partial charge in [0.15, 0.2) is 9.76 Å². The number of ether oxygens (including phenoxy) is 1. The smallest absolute Gasteiger partial charge is 0.333 e. The van der Waals surface area contributed by atoms with Gasteiger partial charge < -0.3 is 9.16 Å². The van der Waals surface area contributed by atoms with Crippen molar-refractivity contribution in [3.63, 3.8) is 0 Å². The van der Waals surface area contributed by atoms with Crippen LogP contribution in [-0.4, -0.2) is 27.9 Å². The van der Waals surface area contributed by atoms with Crippen molar-refractivity contribution in [3.8, 4) is 0 Å². The highest BCUT2D eigenvalue weighted by molar-refractivity contribution is 6.27. The minimum absolute atomic E-state index is 0.0145. The number of hydrogen-bond donors (Lipinski definition) is 0. The summed E-state index contributed by atoms with van der Waals surface area (Å²) in [7, 11) is -0.482. The van der Waals surface area contributed by atoms with Crippen LogP contribution in [0.25, 0.3) is 0 Å². The minimum atomic E-state index is -0.482. The zero-order chi connectivity index (χ0) is 12.6. The average molecular weight is 244 g/mol.